The zero-order chi connectivity index (χ0) is 75.7. The van der Waals surface area contributed by atoms with Gasteiger partial charge >= 0.3 is 0 Å². The van der Waals surface area contributed by atoms with Crippen LogP contribution in [-0.4, -0.2) is 0 Å². The number of fused-ring (bicyclic) bond motifs is 17. The fourth-order valence-corrected chi connectivity index (χ4v) is 16.1. The molecule has 534 valence electrons. The number of benzene rings is 18. The average Bonchev–Trinajstić information content (AvgIpc) is 1.76. The van der Waals surface area contributed by atoms with E-state index in [1.165, 1.54) is 196 Å². The highest BCUT2D eigenvalue weighted by Crippen LogP contribution is 2.38. The van der Waals surface area contributed by atoms with E-state index in [4.69, 9.17) is 13.3 Å². The van der Waals surface area contributed by atoms with E-state index in [0.717, 1.165) is 33.5 Å². The Morgan fingerprint density at radius 3 is 0.927 bits per heavy atom. The first kappa shape index (κ1) is 72.0. The van der Waals surface area contributed by atoms with Crippen LogP contribution in [0.3, 0.4) is 0 Å². The van der Waals surface area contributed by atoms with E-state index < -0.39 is 0 Å². The molecular weight excluding hydrogens is 1320 g/mol. The minimum absolute atomic E-state index is 0.977. The Kier molecular flexibility index (Phi) is 20.3. The first-order chi connectivity index (χ1) is 52.8. The van der Waals surface area contributed by atoms with Crippen LogP contribution >= 0.6 is 0 Å². The SMILES string of the molecule is Cc1c2ccccc2c(C)c2ccccc12.Cc1ccc2c(c1)oc1c(C)cccc12.Cc1ccc2oc3c(C)cccc3c2c1.Cc1cccc2c1oc1c(C)cccc12.Cc1cccc2cc3c(C)cccc3cc12.Cc1cccc2cc3cccc(C)c3cc12.Cc1cccc2cc3ccccc3c(C)c12. The first-order valence-electron chi connectivity index (χ1n) is 38.0. The number of para-hydroxylation sites is 4. The van der Waals surface area contributed by atoms with E-state index in [1.54, 1.807) is 0 Å². The van der Waals surface area contributed by atoms with Crippen molar-refractivity contribution in [2.75, 3.05) is 0 Å². The molecule has 0 amide bonds. The van der Waals surface area contributed by atoms with Crippen LogP contribution in [-0.2, 0) is 0 Å². The van der Waals surface area contributed by atoms with Crippen molar-refractivity contribution in [2.45, 2.75) is 96.9 Å². The molecule has 0 N–H and O–H groups in total. The molecule has 0 radical (unpaired) electrons. The molecule has 3 heteroatoms. The summed E-state index contributed by atoms with van der Waals surface area (Å²) in [5, 5.41) is 29.0. The Labute approximate surface area is 639 Å². The van der Waals surface area contributed by atoms with Crippen molar-refractivity contribution in [1.82, 2.24) is 0 Å². The predicted octanol–water partition coefficient (Wildman–Crippen LogP) is 31.0. The van der Waals surface area contributed by atoms with Crippen molar-refractivity contribution >= 4 is 152 Å². The summed E-state index contributed by atoms with van der Waals surface area (Å²) >= 11 is 0. The summed E-state index contributed by atoms with van der Waals surface area (Å²) in [6.45, 7) is 30.0. The maximum Gasteiger partial charge on any atom is 0.138 e. The molecule has 21 aromatic rings. The van der Waals surface area contributed by atoms with Gasteiger partial charge in [0.2, 0.25) is 0 Å². The number of rotatable bonds is 0. The van der Waals surface area contributed by atoms with Crippen LogP contribution in [0.1, 0.15) is 77.9 Å². The fourth-order valence-electron chi connectivity index (χ4n) is 16.1. The van der Waals surface area contributed by atoms with Gasteiger partial charge in [-0.15, -0.1) is 0 Å². The van der Waals surface area contributed by atoms with Crippen molar-refractivity contribution in [3.8, 4) is 0 Å². The van der Waals surface area contributed by atoms with Crippen molar-refractivity contribution in [3.05, 3.63) is 381 Å². The normalized spacial score (nSPS) is 11.2. The summed E-state index contributed by atoms with van der Waals surface area (Å²) < 4.78 is 17.6. The maximum atomic E-state index is 5.91. The lowest BCUT2D eigenvalue weighted by atomic mass is 9.93. The third-order valence-electron chi connectivity index (χ3n) is 22.1. The zero-order valence-corrected chi connectivity index (χ0v) is 65.1. The van der Waals surface area contributed by atoms with Gasteiger partial charge in [0.1, 0.15) is 33.5 Å². The Balaban J connectivity index is 0.000000101. The second kappa shape index (κ2) is 30.7. The van der Waals surface area contributed by atoms with Gasteiger partial charge in [-0.2, -0.15) is 0 Å². The average molecular weight is 1410 g/mol. The van der Waals surface area contributed by atoms with E-state index in [0.29, 0.717) is 0 Å². The monoisotopic (exact) mass is 1410 g/mol. The third-order valence-corrected chi connectivity index (χ3v) is 22.1. The van der Waals surface area contributed by atoms with E-state index in [1.807, 2.05) is 6.07 Å². The van der Waals surface area contributed by atoms with Gasteiger partial charge in [-0.05, 0) is 304 Å². The molecule has 0 saturated heterocycles. The molecule has 0 fully saturated rings. The summed E-state index contributed by atoms with van der Waals surface area (Å²) in [5.41, 5.74) is 24.2. The number of furan rings is 3. The largest absolute Gasteiger partial charge is 0.456 e. The Hall–Kier alpha value is -12.6. The quantitative estimate of drug-likeness (QED) is 0.142. The highest BCUT2D eigenvalue weighted by molar-refractivity contribution is 6.10. The van der Waals surface area contributed by atoms with Gasteiger partial charge in [-0.3, -0.25) is 0 Å². The van der Waals surface area contributed by atoms with Gasteiger partial charge in [0.25, 0.3) is 0 Å². The molecule has 0 aliphatic rings. The van der Waals surface area contributed by atoms with Crippen LogP contribution in [0.15, 0.2) is 317 Å². The first-order valence-corrected chi connectivity index (χ1v) is 38.0. The van der Waals surface area contributed by atoms with Crippen LogP contribution in [0, 0.1) is 96.9 Å². The van der Waals surface area contributed by atoms with Gasteiger partial charge in [-0.1, -0.05) is 260 Å². The maximum absolute atomic E-state index is 5.91. The minimum Gasteiger partial charge on any atom is -0.456 e. The Bertz CT molecular complexity index is 6690. The van der Waals surface area contributed by atoms with Crippen molar-refractivity contribution < 1.29 is 13.3 Å². The number of aryl methyl sites for hydroxylation is 14. The lowest BCUT2D eigenvalue weighted by Gasteiger charge is -2.11. The lowest BCUT2D eigenvalue weighted by Crippen LogP contribution is -1.87. The molecule has 0 saturated carbocycles. The molecule has 3 aromatic heterocycles. The summed E-state index contributed by atoms with van der Waals surface area (Å²) in [7, 11) is 0. The van der Waals surface area contributed by atoms with Crippen LogP contribution in [0.25, 0.3) is 152 Å². The molecule has 3 heterocycles. The third kappa shape index (κ3) is 14.4. The molecular formula is C106H92O3. The van der Waals surface area contributed by atoms with Gasteiger partial charge in [-0.25, -0.2) is 0 Å². The standard InChI is InChI=1S/4C16H14.3C14H12O/c1-11-5-3-7-13-10-16-12(2)6-4-8-14(16)9-15(11)13;1-11-5-3-7-13-9-14-8-4-6-12(2)16(14)10-15(11)13;1-11-13-7-3-5-9-15(13)12(2)16-10-6-4-8-14(11)16;1-11-6-5-8-14-10-13-7-3-4-9-15(13)12(2)16(11)14;1-9-5-3-7-11-12-8-4-6-10(2)14(12)15-13(9)11;1-9-6-7-11-12-5-3-4-10(2)14(12)15-13(11)8-9;1-9-6-7-13-12(8-9)11-5-3-4-10(2)14(11)15-13/h4*3-10H,1-2H3;3*3-8H,1-2H3. The van der Waals surface area contributed by atoms with Crippen LogP contribution in [0.5, 0.6) is 0 Å². The molecule has 0 spiro atoms. The fraction of sp³-hybridized carbons (Fsp3) is 0.132. The molecule has 0 aliphatic heterocycles. The van der Waals surface area contributed by atoms with E-state index >= 15 is 0 Å². The molecule has 0 unspecified atom stereocenters. The summed E-state index contributed by atoms with van der Waals surface area (Å²) in [4.78, 5) is 0. The summed E-state index contributed by atoms with van der Waals surface area (Å²) in [6, 6.07) is 108. The second-order valence-corrected chi connectivity index (χ2v) is 29.7. The molecule has 18 aromatic carbocycles. The molecule has 0 aliphatic carbocycles. The van der Waals surface area contributed by atoms with E-state index in [2.05, 4.69) is 394 Å². The van der Waals surface area contributed by atoms with Gasteiger partial charge in [0.05, 0.1) is 0 Å². The Morgan fingerprint density at radius 2 is 0.459 bits per heavy atom. The van der Waals surface area contributed by atoms with Crippen molar-refractivity contribution in [2.24, 2.45) is 0 Å². The van der Waals surface area contributed by atoms with Crippen LogP contribution < -0.4 is 0 Å². The van der Waals surface area contributed by atoms with Crippen molar-refractivity contribution in [3.63, 3.8) is 0 Å². The zero-order valence-electron chi connectivity index (χ0n) is 65.1. The smallest absolute Gasteiger partial charge is 0.138 e. The Morgan fingerprint density at radius 1 is 0.156 bits per heavy atom. The number of hydrogen-bond donors (Lipinski definition) is 0. The van der Waals surface area contributed by atoms with Gasteiger partial charge in [0.15, 0.2) is 0 Å². The highest BCUT2D eigenvalue weighted by Gasteiger charge is 2.14. The predicted molar refractivity (Wildman–Crippen MR) is 473 cm³/mol. The van der Waals surface area contributed by atoms with Crippen LogP contribution in [0.2, 0.25) is 0 Å². The molecule has 3 nitrogen and oxygen atoms in total. The molecule has 21 rings (SSSR count). The molecule has 0 atom stereocenters. The topological polar surface area (TPSA) is 39.4 Å². The minimum atomic E-state index is 0.977. The van der Waals surface area contributed by atoms with E-state index in [-0.39, 0.29) is 0 Å². The summed E-state index contributed by atoms with van der Waals surface area (Å²) in [5.74, 6) is 0. The lowest BCUT2D eigenvalue weighted by molar-refractivity contribution is 0.662. The highest BCUT2D eigenvalue weighted by atomic mass is 16.3. The summed E-state index contributed by atoms with van der Waals surface area (Å²) in [6.07, 6.45) is 0. The second-order valence-electron chi connectivity index (χ2n) is 29.7. The molecule has 0 bridgehead atoms. The van der Waals surface area contributed by atoms with Crippen molar-refractivity contribution in [1.29, 1.82) is 0 Å². The van der Waals surface area contributed by atoms with Gasteiger partial charge < -0.3 is 13.3 Å². The van der Waals surface area contributed by atoms with E-state index in [9.17, 15) is 0 Å². The van der Waals surface area contributed by atoms with Crippen LogP contribution in [0.4, 0.5) is 0 Å². The number of hydrogen-bond acceptors (Lipinski definition) is 3. The van der Waals surface area contributed by atoms with Gasteiger partial charge in [0, 0.05) is 32.3 Å². The molecule has 109 heavy (non-hydrogen) atoms.